The quantitative estimate of drug-likeness (QED) is 0.585. The Labute approximate surface area is 189 Å². The van der Waals surface area contributed by atoms with Crippen LogP contribution >= 0.6 is 0 Å². The predicted molar refractivity (Wildman–Crippen MR) is 120 cm³/mol. The summed E-state index contributed by atoms with van der Waals surface area (Å²) in [6, 6.07) is 15.2. The number of carbonyl (C=O) groups excluding carboxylic acids is 4. The number of hydrogen-bond acceptors (Lipinski definition) is 5. The fraction of sp³-hybridized carbons (Fsp3) is 0.250. The van der Waals surface area contributed by atoms with Gasteiger partial charge < -0.3 is 20.0 Å². The van der Waals surface area contributed by atoms with Gasteiger partial charge in [0.05, 0.1) is 0 Å². The third-order valence-electron chi connectivity index (χ3n) is 6.03. The summed E-state index contributed by atoms with van der Waals surface area (Å²) in [5.41, 5.74) is 0.472. The summed E-state index contributed by atoms with van der Waals surface area (Å²) in [4.78, 5) is 52.6. The molecule has 2 aliphatic heterocycles. The molecule has 9 nitrogen and oxygen atoms in total. The van der Waals surface area contributed by atoms with Crippen molar-refractivity contribution >= 4 is 46.1 Å². The van der Waals surface area contributed by atoms with Crippen LogP contribution in [0.3, 0.4) is 0 Å². The number of hydrogen-bond donors (Lipinski definition) is 2. The van der Waals surface area contributed by atoms with Crippen LogP contribution in [0, 0.1) is 0 Å². The summed E-state index contributed by atoms with van der Waals surface area (Å²) in [6.45, 7) is 1.80. The molecule has 9 heteroatoms. The first-order chi connectivity index (χ1) is 15.8. The highest BCUT2D eigenvalue weighted by molar-refractivity contribution is 6.10. The van der Waals surface area contributed by atoms with Crippen LogP contribution in [0.25, 0.3) is 11.0 Å². The molecule has 1 atom stereocenters. The van der Waals surface area contributed by atoms with Gasteiger partial charge in [-0.1, -0.05) is 18.2 Å². The Balaban J connectivity index is 1.27. The molecule has 2 N–H and O–H groups in total. The van der Waals surface area contributed by atoms with Crippen molar-refractivity contribution in [1.29, 1.82) is 0 Å². The second kappa shape index (κ2) is 7.77. The molecule has 3 heterocycles. The number of fused-ring (bicyclic) bond motifs is 1. The Kier molecular flexibility index (Phi) is 4.88. The maximum Gasteiger partial charge on any atom is 0.325 e. The molecule has 0 saturated carbocycles. The van der Waals surface area contributed by atoms with Crippen molar-refractivity contribution in [2.45, 2.75) is 25.3 Å². The number of imide groups is 1. The summed E-state index contributed by atoms with van der Waals surface area (Å²) in [6.07, 6.45) is 1.37. The van der Waals surface area contributed by atoms with Gasteiger partial charge in [0.15, 0.2) is 5.54 Å². The average molecular weight is 446 g/mol. The molecule has 1 aromatic heterocycles. The van der Waals surface area contributed by atoms with Gasteiger partial charge in [-0.3, -0.25) is 19.3 Å². The van der Waals surface area contributed by atoms with Crippen molar-refractivity contribution in [3.8, 4) is 0 Å². The summed E-state index contributed by atoms with van der Waals surface area (Å²) >= 11 is 0. The van der Waals surface area contributed by atoms with E-state index in [4.69, 9.17) is 4.42 Å². The van der Waals surface area contributed by atoms with Gasteiger partial charge in [0.1, 0.15) is 17.9 Å². The van der Waals surface area contributed by atoms with Gasteiger partial charge in [0.25, 0.3) is 5.91 Å². The third kappa shape index (κ3) is 3.61. The van der Waals surface area contributed by atoms with Gasteiger partial charge >= 0.3 is 6.03 Å². The number of benzene rings is 2. The number of para-hydroxylation sites is 1. The number of nitrogens with one attached hydrogen (secondary N) is 2. The minimum absolute atomic E-state index is 0.0813. The molecule has 3 aromatic rings. The molecule has 2 aromatic carbocycles. The Hall–Kier alpha value is -4.14. The molecule has 2 aliphatic rings. The van der Waals surface area contributed by atoms with Crippen molar-refractivity contribution < 1.29 is 23.6 Å². The standard InChI is InChI=1S/C24H22N4O5/c1-24(19-13-15-5-2-3-6-18(15)33-19)22(31)28(23(32)26-24)14-20(29)25-16-8-10-17(11-9-16)27-12-4-7-21(27)30/h2-3,5-6,8-11,13H,4,7,12,14H2,1H3,(H,25,29)(H,26,32). The molecule has 5 amide bonds. The van der Waals surface area contributed by atoms with Crippen LogP contribution < -0.4 is 15.5 Å². The summed E-state index contributed by atoms with van der Waals surface area (Å²) in [5, 5.41) is 6.14. The Morgan fingerprint density at radius 1 is 1.12 bits per heavy atom. The fourth-order valence-electron chi connectivity index (χ4n) is 4.23. The lowest BCUT2D eigenvalue weighted by Crippen LogP contribution is -2.41. The molecule has 5 rings (SSSR count). The van der Waals surface area contributed by atoms with E-state index >= 15 is 0 Å². The van der Waals surface area contributed by atoms with Crippen LogP contribution in [0.4, 0.5) is 16.2 Å². The number of rotatable bonds is 5. The lowest BCUT2D eigenvalue weighted by molar-refractivity contribution is -0.134. The van der Waals surface area contributed by atoms with Crippen molar-refractivity contribution in [2.75, 3.05) is 23.3 Å². The molecular weight excluding hydrogens is 424 g/mol. The maximum atomic E-state index is 13.1. The molecule has 0 aliphatic carbocycles. The van der Waals surface area contributed by atoms with Crippen LogP contribution in [0.1, 0.15) is 25.5 Å². The normalized spacial score (nSPS) is 20.6. The number of urea groups is 1. The van der Waals surface area contributed by atoms with E-state index in [0.717, 1.165) is 22.4 Å². The summed E-state index contributed by atoms with van der Waals surface area (Å²) < 4.78 is 5.79. The molecule has 2 saturated heterocycles. The molecular formula is C24H22N4O5. The monoisotopic (exact) mass is 446 g/mol. The van der Waals surface area contributed by atoms with Crippen LogP contribution in [-0.4, -0.2) is 41.7 Å². The van der Waals surface area contributed by atoms with E-state index in [2.05, 4.69) is 10.6 Å². The lowest BCUT2D eigenvalue weighted by Gasteiger charge is -2.19. The first-order valence-electron chi connectivity index (χ1n) is 10.7. The Bertz CT molecular complexity index is 1250. The second-order valence-electron chi connectivity index (χ2n) is 8.34. The Morgan fingerprint density at radius 3 is 2.58 bits per heavy atom. The zero-order valence-electron chi connectivity index (χ0n) is 18.0. The molecule has 168 valence electrons. The zero-order chi connectivity index (χ0) is 23.2. The van der Waals surface area contributed by atoms with Gasteiger partial charge in [-0.2, -0.15) is 0 Å². The minimum atomic E-state index is -1.40. The number of furan rings is 1. The van der Waals surface area contributed by atoms with E-state index in [-0.39, 0.29) is 5.91 Å². The summed E-state index contributed by atoms with van der Waals surface area (Å²) in [7, 11) is 0. The van der Waals surface area contributed by atoms with Crippen molar-refractivity contribution in [3.63, 3.8) is 0 Å². The first kappa shape index (κ1) is 20.7. The largest absolute Gasteiger partial charge is 0.458 e. The number of amides is 5. The molecule has 33 heavy (non-hydrogen) atoms. The molecule has 0 radical (unpaired) electrons. The highest BCUT2D eigenvalue weighted by atomic mass is 16.3. The van der Waals surface area contributed by atoms with E-state index in [0.29, 0.717) is 30.0 Å². The van der Waals surface area contributed by atoms with E-state index in [1.807, 2.05) is 18.2 Å². The average Bonchev–Trinajstić information content (AvgIpc) is 3.48. The maximum absolute atomic E-state index is 13.1. The number of nitrogens with zero attached hydrogens (tertiary/aromatic N) is 2. The second-order valence-corrected chi connectivity index (χ2v) is 8.34. The predicted octanol–water partition coefficient (Wildman–Crippen LogP) is 2.97. The topological polar surface area (TPSA) is 112 Å². The van der Waals surface area contributed by atoms with Crippen molar-refractivity contribution in [1.82, 2.24) is 10.2 Å². The van der Waals surface area contributed by atoms with Gasteiger partial charge in [-0.05, 0) is 49.7 Å². The molecule has 2 fully saturated rings. The van der Waals surface area contributed by atoms with E-state index < -0.39 is 29.9 Å². The lowest BCUT2D eigenvalue weighted by atomic mass is 9.99. The highest BCUT2D eigenvalue weighted by Crippen LogP contribution is 2.33. The van der Waals surface area contributed by atoms with Crippen LogP contribution in [0.5, 0.6) is 0 Å². The van der Waals surface area contributed by atoms with Crippen LogP contribution in [0.2, 0.25) is 0 Å². The molecule has 0 bridgehead atoms. The van der Waals surface area contributed by atoms with E-state index in [1.165, 1.54) is 0 Å². The van der Waals surface area contributed by atoms with E-state index in [1.54, 1.807) is 48.2 Å². The molecule has 0 spiro atoms. The van der Waals surface area contributed by atoms with Crippen molar-refractivity contribution in [3.05, 3.63) is 60.4 Å². The van der Waals surface area contributed by atoms with Gasteiger partial charge in [-0.15, -0.1) is 0 Å². The van der Waals surface area contributed by atoms with Gasteiger partial charge in [-0.25, -0.2) is 4.79 Å². The first-order valence-corrected chi connectivity index (χ1v) is 10.7. The molecule has 1 unspecified atom stereocenters. The van der Waals surface area contributed by atoms with Crippen LogP contribution in [-0.2, 0) is 19.9 Å². The minimum Gasteiger partial charge on any atom is -0.458 e. The SMILES string of the molecule is CC1(c2cc3ccccc3o2)NC(=O)N(CC(=O)Nc2ccc(N3CCCC3=O)cc2)C1=O. The van der Waals surface area contributed by atoms with Gasteiger partial charge in [0, 0.05) is 29.7 Å². The fourth-order valence-corrected chi connectivity index (χ4v) is 4.23. The van der Waals surface area contributed by atoms with Crippen molar-refractivity contribution in [2.24, 2.45) is 0 Å². The van der Waals surface area contributed by atoms with Crippen LogP contribution in [0.15, 0.2) is 59.0 Å². The third-order valence-corrected chi connectivity index (χ3v) is 6.03. The summed E-state index contributed by atoms with van der Waals surface area (Å²) in [5.74, 6) is -0.697. The van der Waals surface area contributed by atoms with E-state index in [9.17, 15) is 19.2 Å². The number of carbonyl (C=O) groups is 4. The zero-order valence-corrected chi connectivity index (χ0v) is 18.0. The Morgan fingerprint density at radius 2 is 1.88 bits per heavy atom. The highest BCUT2D eigenvalue weighted by Gasteiger charge is 2.51. The smallest absolute Gasteiger partial charge is 0.325 e. The van der Waals surface area contributed by atoms with Gasteiger partial charge in [0.2, 0.25) is 11.8 Å². The number of anilines is 2.